The molecular weight excluding hydrogens is 260 g/mol. The lowest BCUT2D eigenvalue weighted by molar-refractivity contribution is -0.122. The van der Waals surface area contributed by atoms with Crippen molar-refractivity contribution in [2.75, 3.05) is 12.3 Å². The molecule has 1 aromatic rings. The normalized spacial score (nSPS) is 10.1. The van der Waals surface area contributed by atoms with Gasteiger partial charge in [-0.1, -0.05) is 38.8 Å². The molecule has 0 saturated carbocycles. The minimum absolute atomic E-state index is 0. The van der Waals surface area contributed by atoms with Gasteiger partial charge in [0, 0.05) is 18.7 Å². The highest BCUT2D eigenvalue weighted by atomic mass is 35.5. The van der Waals surface area contributed by atoms with E-state index in [2.05, 4.69) is 19.2 Å². The fourth-order valence-electron chi connectivity index (χ4n) is 1.94. The lowest BCUT2D eigenvalue weighted by atomic mass is 9.99. The van der Waals surface area contributed by atoms with Crippen LogP contribution in [-0.4, -0.2) is 12.5 Å². The van der Waals surface area contributed by atoms with Gasteiger partial charge in [-0.25, -0.2) is 0 Å². The summed E-state index contributed by atoms with van der Waals surface area (Å²) in [7, 11) is 0. The van der Waals surface area contributed by atoms with E-state index in [0.29, 0.717) is 18.9 Å². The Balaban J connectivity index is 0.00000324. The van der Waals surface area contributed by atoms with Crippen LogP contribution < -0.4 is 11.1 Å². The molecule has 4 heteroatoms. The fourth-order valence-corrected chi connectivity index (χ4v) is 1.94. The molecule has 0 fully saturated rings. The molecule has 0 atom stereocenters. The third-order valence-electron chi connectivity index (χ3n) is 3.34. The van der Waals surface area contributed by atoms with E-state index in [9.17, 15) is 4.79 Å². The zero-order valence-corrected chi connectivity index (χ0v) is 12.6. The number of nitrogens with one attached hydrogen (secondary N) is 1. The summed E-state index contributed by atoms with van der Waals surface area (Å²) in [6.45, 7) is 4.97. The van der Waals surface area contributed by atoms with E-state index < -0.39 is 0 Å². The number of rotatable bonds is 7. The molecular formula is C15H25ClN2O. The largest absolute Gasteiger partial charge is 0.399 e. The number of nitrogens with two attached hydrogens (primary N) is 1. The van der Waals surface area contributed by atoms with E-state index >= 15 is 0 Å². The highest BCUT2D eigenvalue weighted by Gasteiger charge is 2.09. The Bertz CT molecular complexity index is 361. The van der Waals surface area contributed by atoms with Crippen molar-refractivity contribution in [3.63, 3.8) is 0 Å². The summed E-state index contributed by atoms with van der Waals surface area (Å²) < 4.78 is 0. The first kappa shape index (κ1) is 17.8. The maximum atomic E-state index is 11.7. The smallest absolute Gasteiger partial charge is 0.220 e. The molecule has 1 rings (SSSR count). The predicted molar refractivity (Wildman–Crippen MR) is 83.5 cm³/mol. The Labute approximate surface area is 122 Å². The summed E-state index contributed by atoms with van der Waals surface area (Å²) in [4.78, 5) is 11.7. The number of nitrogen functional groups attached to an aromatic ring is 1. The third kappa shape index (κ3) is 7.06. The molecule has 0 spiro atoms. The average Bonchev–Trinajstić information content (AvgIpc) is 2.38. The molecule has 0 aliphatic carbocycles. The van der Waals surface area contributed by atoms with Crippen molar-refractivity contribution in [2.24, 2.45) is 5.92 Å². The van der Waals surface area contributed by atoms with E-state index in [-0.39, 0.29) is 18.3 Å². The van der Waals surface area contributed by atoms with Gasteiger partial charge in [-0.05, 0) is 30.0 Å². The predicted octanol–water partition coefficient (Wildman–Crippen LogP) is 3.18. The number of halogens is 1. The van der Waals surface area contributed by atoms with E-state index in [1.807, 2.05) is 24.3 Å². The van der Waals surface area contributed by atoms with Crippen molar-refractivity contribution in [2.45, 2.75) is 39.5 Å². The molecule has 3 nitrogen and oxygen atoms in total. The first-order valence-electron chi connectivity index (χ1n) is 6.76. The zero-order valence-electron chi connectivity index (χ0n) is 11.8. The summed E-state index contributed by atoms with van der Waals surface area (Å²) in [6, 6.07) is 7.79. The number of hydrogen-bond acceptors (Lipinski definition) is 2. The van der Waals surface area contributed by atoms with Crippen LogP contribution in [0.3, 0.4) is 0 Å². The van der Waals surface area contributed by atoms with E-state index in [1.54, 1.807) is 0 Å². The molecule has 1 aromatic carbocycles. The van der Waals surface area contributed by atoms with Crippen molar-refractivity contribution >= 4 is 24.0 Å². The van der Waals surface area contributed by atoms with E-state index in [1.165, 1.54) is 5.56 Å². The zero-order chi connectivity index (χ0) is 13.4. The first-order chi connectivity index (χ1) is 8.65. The van der Waals surface area contributed by atoms with Crippen molar-refractivity contribution in [3.05, 3.63) is 29.8 Å². The van der Waals surface area contributed by atoms with Crippen molar-refractivity contribution in [1.29, 1.82) is 0 Å². The number of anilines is 1. The first-order valence-corrected chi connectivity index (χ1v) is 6.76. The molecule has 0 heterocycles. The molecule has 0 bridgehead atoms. The van der Waals surface area contributed by atoms with Crippen LogP contribution in [0, 0.1) is 5.92 Å². The molecule has 0 radical (unpaired) electrons. The van der Waals surface area contributed by atoms with Gasteiger partial charge < -0.3 is 11.1 Å². The maximum absolute atomic E-state index is 11.7. The van der Waals surface area contributed by atoms with Gasteiger partial charge >= 0.3 is 0 Å². The van der Waals surface area contributed by atoms with Crippen LogP contribution in [0.5, 0.6) is 0 Å². The summed E-state index contributed by atoms with van der Waals surface area (Å²) in [6.07, 6.45) is 3.65. The number of amides is 1. The van der Waals surface area contributed by atoms with Crippen molar-refractivity contribution < 1.29 is 4.79 Å². The molecule has 1 amide bonds. The fraction of sp³-hybridized carbons (Fsp3) is 0.533. The van der Waals surface area contributed by atoms with Gasteiger partial charge in [-0.3, -0.25) is 4.79 Å². The standard InChI is InChI=1S/C15H24N2O.ClH/c1-3-12(4-2)11-15(18)17-10-9-13-5-7-14(16)8-6-13;/h5-8,12H,3-4,9-11,16H2,1-2H3,(H,17,18);1H. The molecule has 0 unspecified atom stereocenters. The minimum Gasteiger partial charge on any atom is -0.399 e. The second-order valence-corrected chi connectivity index (χ2v) is 4.73. The lowest BCUT2D eigenvalue weighted by Crippen LogP contribution is -2.27. The number of carbonyl (C=O) groups is 1. The van der Waals surface area contributed by atoms with Crippen molar-refractivity contribution in [1.82, 2.24) is 5.32 Å². The molecule has 108 valence electrons. The molecule has 0 aliphatic heterocycles. The van der Waals surface area contributed by atoms with Gasteiger partial charge in [-0.15, -0.1) is 12.4 Å². The van der Waals surface area contributed by atoms with Gasteiger partial charge in [0.1, 0.15) is 0 Å². The maximum Gasteiger partial charge on any atom is 0.220 e. The quantitative estimate of drug-likeness (QED) is 0.756. The van der Waals surface area contributed by atoms with Crippen LogP contribution >= 0.6 is 12.4 Å². The summed E-state index contributed by atoms with van der Waals surface area (Å²) in [5.74, 6) is 0.681. The van der Waals surface area contributed by atoms with Crippen LogP contribution in [0.2, 0.25) is 0 Å². The summed E-state index contributed by atoms with van der Waals surface area (Å²) in [5.41, 5.74) is 7.59. The van der Waals surface area contributed by atoms with Crippen molar-refractivity contribution in [3.8, 4) is 0 Å². The SMILES string of the molecule is CCC(CC)CC(=O)NCCc1ccc(N)cc1.Cl. The number of carbonyl (C=O) groups excluding carboxylic acids is 1. The van der Waals surface area contributed by atoms with Crippen LogP contribution in [0.25, 0.3) is 0 Å². The Hall–Kier alpha value is -1.22. The van der Waals surface area contributed by atoms with Gasteiger partial charge in [0.15, 0.2) is 0 Å². The van der Waals surface area contributed by atoms with Gasteiger partial charge in [-0.2, -0.15) is 0 Å². The molecule has 0 aromatic heterocycles. The van der Waals surface area contributed by atoms with Gasteiger partial charge in [0.05, 0.1) is 0 Å². The van der Waals surface area contributed by atoms with Crippen LogP contribution in [0.1, 0.15) is 38.7 Å². The summed E-state index contributed by atoms with van der Waals surface area (Å²) in [5, 5.41) is 2.97. The summed E-state index contributed by atoms with van der Waals surface area (Å²) >= 11 is 0. The van der Waals surface area contributed by atoms with Crippen LogP contribution in [0.15, 0.2) is 24.3 Å². The molecule has 0 aliphatic rings. The molecule has 0 saturated heterocycles. The highest BCUT2D eigenvalue weighted by molar-refractivity contribution is 5.85. The highest BCUT2D eigenvalue weighted by Crippen LogP contribution is 2.11. The Morgan fingerprint density at radius 1 is 1.21 bits per heavy atom. The van der Waals surface area contributed by atoms with Gasteiger partial charge in [0.2, 0.25) is 5.91 Å². The third-order valence-corrected chi connectivity index (χ3v) is 3.34. The minimum atomic E-state index is 0. The second-order valence-electron chi connectivity index (χ2n) is 4.73. The average molecular weight is 285 g/mol. The van der Waals surface area contributed by atoms with Gasteiger partial charge in [0.25, 0.3) is 0 Å². The number of benzene rings is 1. The molecule has 3 N–H and O–H groups in total. The Morgan fingerprint density at radius 3 is 2.32 bits per heavy atom. The molecule has 19 heavy (non-hydrogen) atoms. The second kappa shape index (κ2) is 9.68. The topological polar surface area (TPSA) is 55.1 Å². The Kier molecular flexibility index (Phi) is 9.06. The number of hydrogen-bond donors (Lipinski definition) is 2. The van der Waals surface area contributed by atoms with Crippen LogP contribution in [-0.2, 0) is 11.2 Å². The lowest BCUT2D eigenvalue weighted by Gasteiger charge is -2.12. The van der Waals surface area contributed by atoms with E-state index in [0.717, 1.165) is 24.9 Å². The van der Waals surface area contributed by atoms with E-state index in [4.69, 9.17) is 5.73 Å². The Morgan fingerprint density at radius 2 is 1.79 bits per heavy atom. The monoisotopic (exact) mass is 284 g/mol. The van der Waals surface area contributed by atoms with Crippen LogP contribution in [0.4, 0.5) is 5.69 Å².